The van der Waals surface area contributed by atoms with Crippen molar-refractivity contribution in [3.8, 4) is 0 Å². The molecule has 17 heavy (non-hydrogen) atoms. The van der Waals surface area contributed by atoms with Gasteiger partial charge in [-0.25, -0.2) is 4.98 Å². The van der Waals surface area contributed by atoms with Gasteiger partial charge in [0.05, 0.1) is 5.33 Å². The highest BCUT2D eigenvalue weighted by Crippen LogP contribution is 2.13. The number of hydrogen-bond donors (Lipinski definition) is 0. The lowest BCUT2D eigenvalue weighted by molar-refractivity contribution is -0.640. The van der Waals surface area contributed by atoms with E-state index in [0.717, 1.165) is 22.9 Å². The van der Waals surface area contributed by atoms with E-state index >= 15 is 0 Å². The third-order valence-electron chi connectivity index (χ3n) is 2.89. The predicted octanol–water partition coefficient (Wildman–Crippen LogP) is 3.07. The normalized spacial score (nSPS) is 11.1. The van der Waals surface area contributed by atoms with Crippen LogP contribution in [-0.2, 0) is 6.54 Å². The molecule has 0 spiro atoms. The van der Waals surface area contributed by atoms with Crippen LogP contribution in [-0.4, -0.2) is 10.3 Å². The third-order valence-corrected chi connectivity index (χ3v) is 3.25. The monoisotopic (exact) mass is 287 g/mol. The molecule has 0 aliphatic heterocycles. The molecule has 0 saturated heterocycles. The van der Waals surface area contributed by atoms with E-state index in [1.54, 1.807) is 0 Å². The van der Waals surface area contributed by atoms with E-state index in [2.05, 4.69) is 61.9 Å². The van der Waals surface area contributed by atoms with Crippen LogP contribution in [0.25, 0.3) is 22.1 Å². The summed E-state index contributed by atoms with van der Waals surface area (Å²) in [6, 6.07) is 16.5. The summed E-state index contributed by atoms with van der Waals surface area (Å²) in [4.78, 5) is 4.68. The minimum absolute atomic E-state index is 0.940. The number of fused-ring (bicyclic) bond motifs is 2. The highest BCUT2D eigenvalue weighted by Gasteiger charge is 2.14. The highest BCUT2D eigenvalue weighted by molar-refractivity contribution is 9.09. The van der Waals surface area contributed by atoms with Crippen LogP contribution in [0.2, 0.25) is 0 Å². The van der Waals surface area contributed by atoms with Gasteiger partial charge in [-0.2, -0.15) is 4.57 Å². The summed E-state index contributed by atoms with van der Waals surface area (Å²) in [7, 11) is 0. The molecule has 0 aliphatic carbocycles. The molecule has 3 heteroatoms. The number of hydrogen-bond acceptors (Lipinski definition) is 1. The van der Waals surface area contributed by atoms with Gasteiger partial charge in [0.2, 0.25) is 11.0 Å². The zero-order valence-corrected chi connectivity index (χ0v) is 10.9. The SMILES string of the molecule is BrCC[n+]1c2ccccc2nc2ccccc21. The highest BCUT2D eigenvalue weighted by atomic mass is 79.9. The smallest absolute Gasteiger partial charge is 0.231 e. The van der Waals surface area contributed by atoms with Crippen molar-refractivity contribution >= 4 is 38.0 Å². The molecule has 1 aromatic heterocycles. The standard InChI is InChI=1S/C14H12BrN2/c15-9-10-17-13-7-3-1-5-11(13)16-12-6-2-4-8-14(12)17/h1-8H,9-10H2/q+1. The first-order chi connectivity index (χ1) is 8.40. The average Bonchev–Trinajstić information content (AvgIpc) is 2.39. The maximum Gasteiger partial charge on any atom is 0.231 e. The molecule has 0 amide bonds. The second-order valence-corrected chi connectivity index (χ2v) is 4.72. The number of benzene rings is 2. The summed E-state index contributed by atoms with van der Waals surface area (Å²) in [5.41, 5.74) is 4.47. The lowest BCUT2D eigenvalue weighted by Gasteiger charge is -2.03. The summed E-state index contributed by atoms with van der Waals surface area (Å²) < 4.78 is 2.31. The van der Waals surface area contributed by atoms with Gasteiger partial charge in [0.1, 0.15) is 11.0 Å². The van der Waals surface area contributed by atoms with E-state index in [9.17, 15) is 0 Å². The average molecular weight is 288 g/mol. The molecular weight excluding hydrogens is 276 g/mol. The van der Waals surface area contributed by atoms with Gasteiger partial charge < -0.3 is 0 Å². The van der Waals surface area contributed by atoms with Crippen molar-refractivity contribution in [2.45, 2.75) is 6.54 Å². The van der Waals surface area contributed by atoms with Crippen LogP contribution >= 0.6 is 15.9 Å². The second kappa shape index (κ2) is 4.41. The van der Waals surface area contributed by atoms with Crippen LogP contribution < -0.4 is 4.57 Å². The molecule has 0 fully saturated rings. The minimum Gasteiger partial charge on any atom is -0.235 e. The van der Waals surface area contributed by atoms with Gasteiger partial charge in [-0.05, 0) is 12.1 Å². The van der Waals surface area contributed by atoms with Gasteiger partial charge in [-0.15, -0.1) is 0 Å². The van der Waals surface area contributed by atoms with E-state index in [4.69, 9.17) is 0 Å². The molecule has 0 bridgehead atoms. The Labute approximate surface area is 108 Å². The van der Waals surface area contributed by atoms with Crippen LogP contribution in [0, 0.1) is 0 Å². The molecule has 0 unspecified atom stereocenters. The Morgan fingerprint density at radius 1 is 0.882 bits per heavy atom. The van der Waals surface area contributed by atoms with E-state index in [1.165, 1.54) is 11.0 Å². The molecule has 0 atom stereocenters. The van der Waals surface area contributed by atoms with Crippen molar-refractivity contribution in [1.82, 2.24) is 4.98 Å². The first-order valence-corrected chi connectivity index (χ1v) is 6.75. The molecule has 0 aliphatic rings. The fraction of sp³-hybridized carbons (Fsp3) is 0.143. The predicted molar refractivity (Wildman–Crippen MR) is 73.2 cm³/mol. The first-order valence-electron chi connectivity index (χ1n) is 5.63. The first kappa shape index (κ1) is 10.7. The fourth-order valence-electron chi connectivity index (χ4n) is 2.16. The van der Waals surface area contributed by atoms with E-state index in [-0.39, 0.29) is 0 Å². The van der Waals surface area contributed by atoms with Crippen LogP contribution in [0.3, 0.4) is 0 Å². The van der Waals surface area contributed by atoms with Crippen molar-refractivity contribution < 1.29 is 4.57 Å². The lowest BCUT2D eigenvalue weighted by atomic mass is 10.2. The van der Waals surface area contributed by atoms with Crippen molar-refractivity contribution in [3.63, 3.8) is 0 Å². The van der Waals surface area contributed by atoms with Crippen molar-refractivity contribution in [3.05, 3.63) is 48.5 Å². The molecular formula is C14H12BrN2+. The summed E-state index contributed by atoms with van der Waals surface area (Å²) in [5.74, 6) is 0. The lowest BCUT2D eigenvalue weighted by Crippen LogP contribution is -2.36. The van der Waals surface area contributed by atoms with Gasteiger partial charge in [-0.1, -0.05) is 40.2 Å². The fourth-order valence-corrected chi connectivity index (χ4v) is 2.51. The number of aryl methyl sites for hydroxylation is 1. The molecule has 1 heterocycles. The van der Waals surface area contributed by atoms with Crippen LogP contribution in [0.5, 0.6) is 0 Å². The molecule has 2 nitrogen and oxygen atoms in total. The Balaban J connectivity index is 2.47. The molecule has 0 N–H and O–H groups in total. The number of para-hydroxylation sites is 4. The molecule has 0 radical (unpaired) electrons. The number of rotatable bonds is 2. The number of aromatic nitrogens is 2. The zero-order chi connectivity index (χ0) is 11.7. The summed E-state index contributed by atoms with van der Waals surface area (Å²) >= 11 is 3.52. The van der Waals surface area contributed by atoms with E-state index in [1.807, 2.05) is 12.1 Å². The summed E-state index contributed by atoms with van der Waals surface area (Å²) in [6.45, 7) is 0.948. The van der Waals surface area contributed by atoms with E-state index < -0.39 is 0 Å². The van der Waals surface area contributed by atoms with Gasteiger partial charge >= 0.3 is 0 Å². The molecule has 3 aromatic rings. The maximum atomic E-state index is 4.68. The van der Waals surface area contributed by atoms with Gasteiger partial charge in [-0.3, -0.25) is 0 Å². The largest absolute Gasteiger partial charge is 0.235 e. The van der Waals surface area contributed by atoms with Crippen molar-refractivity contribution in [2.75, 3.05) is 5.33 Å². The quantitative estimate of drug-likeness (QED) is 0.402. The van der Waals surface area contributed by atoms with Crippen molar-refractivity contribution in [2.24, 2.45) is 0 Å². The van der Waals surface area contributed by atoms with Crippen molar-refractivity contribution in [1.29, 1.82) is 0 Å². The topological polar surface area (TPSA) is 16.8 Å². The van der Waals surface area contributed by atoms with Gasteiger partial charge in [0.25, 0.3) is 0 Å². The Hall–Kier alpha value is -1.48. The summed E-state index contributed by atoms with van der Waals surface area (Å²) in [5, 5.41) is 0.940. The van der Waals surface area contributed by atoms with Crippen LogP contribution in [0.1, 0.15) is 0 Å². The number of alkyl halides is 1. The van der Waals surface area contributed by atoms with Gasteiger partial charge in [0.15, 0.2) is 6.54 Å². The molecule has 84 valence electrons. The van der Waals surface area contributed by atoms with Crippen LogP contribution in [0.4, 0.5) is 0 Å². The number of nitrogens with zero attached hydrogens (tertiary/aromatic N) is 2. The second-order valence-electron chi connectivity index (χ2n) is 3.93. The molecule has 2 aromatic carbocycles. The Kier molecular flexibility index (Phi) is 2.77. The van der Waals surface area contributed by atoms with E-state index in [0.29, 0.717) is 0 Å². The molecule has 3 rings (SSSR count). The summed E-state index contributed by atoms with van der Waals surface area (Å²) in [6.07, 6.45) is 0. The molecule has 0 saturated carbocycles. The maximum absolute atomic E-state index is 4.68. The Morgan fingerprint density at radius 3 is 1.94 bits per heavy atom. The Bertz CT molecular complexity index is 625. The number of halogens is 1. The zero-order valence-electron chi connectivity index (χ0n) is 9.31. The minimum atomic E-state index is 0.940. The Morgan fingerprint density at radius 2 is 1.41 bits per heavy atom. The van der Waals surface area contributed by atoms with Crippen LogP contribution in [0.15, 0.2) is 48.5 Å². The van der Waals surface area contributed by atoms with Gasteiger partial charge in [0, 0.05) is 12.1 Å². The third kappa shape index (κ3) is 1.80.